The first kappa shape index (κ1) is 22.4. The second kappa shape index (κ2) is 9.78. The number of aromatic nitrogens is 1. The number of para-hydroxylation sites is 1. The molecule has 170 valence electrons. The molecule has 2 aromatic carbocycles. The molecule has 1 aromatic heterocycles. The number of phenols is 1. The van der Waals surface area contributed by atoms with E-state index in [1.165, 1.54) is 42.3 Å². The van der Waals surface area contributed by atoms with Crippen molar-refractivity contribution in [2.24, 2.45) is 5.92 Å². The van der Waals surface area contributed by atoms with Crippen molar-refractivity contribution < 1.29 is 5.11 Å². The number of nitrogens with zero attached hydrogens (tertiary/aromatic N) is 2. The number of hydrogen-bond donors (Lipinski definition) is 3. The molecule has 0 saturated heterocycles. The van der Waals surface area contributed by atoms with Gasteiger partial charge in [-0.15, -0.1) is 0 Å². The van der Waals surface area contributed by atoms with Gasteiger partial charge in [0.15, 0.2) is 0 Å². The summed E-state index contributed by atoms with van der Waals surface area (Å²) in [5.74, 6) is 2.11. The number of aryl methyl sites for hydroxylation is 2. The summed E-state index contributed by atoms with van der Waals surface area (Å²) >= 11 is 0. The van der Waals surface area contributed by atoms with E-state index in [-0.39, 0.29) is 0 Å². The lowest BCUT2D eigenvalue weighted by Gasteiger charge is -2.30. The molecule has 1 saturated carbocycles. The van der Waals surface area contributed by atoms with E-state index in [0.717, 1.165) is 35.6 Å². The minimum absolute atomic E-state index is 0.415. The topological polar surface area (TPSA) is 60.4 Å². The number of benzene rings is 2. The highest BCUT2D eigenvalue weighted by molar-refractivity contribution is 5.93. The third-order valence-corrected chi connectivity index (χ3v) is 6.69. The number of phenolic OH excluding ortho intramolecular Hbond substituents is 1. The quantitative estimate of drug-likeness (QED) is 0.468. The number of anilines is 2. The van der Waals surface area contributed by atoms with Crippen molar-refractivity contribution in [2.75, 3.05) is 30.9 Å². The van der Waals surface area contributed by atoms with E-state index in [1.54, 1.807) is 0 Å². The zero-order chi connectivity index (χ0) is 22.7. The Labute approximate surface area is 191 Å². The Morgan fingerprint density at radius 1 is 1.00 bits per heavy atom. The van der Waals surface area contributed by atoms with Gasteiger partial charge in [0.25, 0.3) is 0 Å². The fourth-order valence-corrected chi connectivity index (χ4v) is 4.89. The van der Waals surface area contributed by atoms with Gasteiger partial charge in [-0.05, 0) is 74.8 Å². The van der Waals surface area contributed by atoms with E-state index >= 15 is 0 Å². The Morgan fingerprint density at radius 3 is 2.38 bits per heavy atom. The molecule has 1 heterocycles. The molecule has 0 radical (unpaired) electrons. The standard InChI is InChI=1S/C27H36N4O/c1-18-13-21(14-19(2)27(18)32)17-28-16-20-9-11-22(12-10-20)29-26-15-25(31(3)4)23-7-5-6-8-24(23)30-26/h5-8,13-15,20,22,28,32H,9-12,16-17H2,1-4H3,(H,29,30)/t20-,22+. The third kappa shape index (κ3) is 5.16. The van der Waals surface area contributed by atoms with Gasteiger partial charge in [0.1, 0.15) is 11.6 Å². The molecule has 0 aliphatic heterocycles. The molecule has 3 aromatic rings. The molecular weight excluding hydrogens is 396 g/mol. The minimum atomic E-state index is 0.415. The van der Waals surface area contributed by atoms with Crippen LogP contribution in [-0.2, 0) is 6.54 Å². The highest BCUT2D eigenvalue weighted by atomic mass is 16.3. The summed E-state index contributed by atoms with van der Waals surface area (Å²) in [7, 11) is 4.18. The van der Waals surface area contributed by atoms with Crippen LogP contribution in [0.1, 0.15) is 42.4 Å². The van der Waals surface area contributed by atoms with Gasteiger partial charge in [-0.2, -0.15) is 0 Å². The van der Waals surface area contributed by atoms with Crippen LogP contribution in [0.2, 0.25) is 0 Å². The number of fused-ring (bicyclic) bond motifs is 1. The average molecular weight is 433 g/mol. The van der Waals surface area contributed by atoms with Crippen LogP contribution in [0.5, 0.6) is 5.75 Å². The van der Waals surface area contributed by atoms with Crippen molar-refractivity contribution in [3.05, 3.63) is 59.2 Å². The Hall–Kier alpha value is -2.79. The predicted octanol–water partition coefficient (Wildman–Crippen LogP) is 5.38. The van der Waals surface area contributed by atoms with Crippen LogP contribution in [0.15, 0.2) is 42.5 Å². The second-order valence-electron chi connectivity index (χ2n) is 9.51. The molecule has 1 aliphatic rings. The normalized spacial score (nSPS) is 18.6. The van der Waals surface area contributed by atoms with Gasteiger partial charge in [0.2, 0.25) is 0 Å². The Kier molecular flexibility index (Phi) is 6.85. The summed E-state index contributed by atoms with van der Waals surface area (Å²) in [6.45, 7) is 5.83. The Morgan fingerprint density at radius 2 is 1.69 bits per heavy atom. The van der Waals surface area contributed by atoms with Crippen LogP contribution >= 0.6 is 0 Å². The van der Waals surface area contributed by atoms with Crippen LogP contribution in [0.4, 0.5) is 11.5 Å². The van der Waals surface area contributed by atoms with Crippen molar-refractivity contribution in [1.29, 1.82) is 0 Å². The summed E-state index contributed by atoms with van der Waals surface area (Å²) < 4.78 is 0. The lowest BCUT2D eigenvalue weighted by molar-refractivity contribution is 0.324. The number of nitrogens with one attached hydrogen (secondary N) is 2. The molecule has 3 N–H and O–H groups in total. The van der Waals surface area contributed by atoms with Crippen LogP contribution in [0, 0.1) is 19.8 Å². The van der Waals surface area contributed by atoms with Crippen molar-refractivity contribution in [2.45, 2.75) is 52.1 Å². The van der Waals surface area contributed by atoms with Crippen LogP contribution in [-0.4, -0.2) is 36.8 Å². The molecule has 0 spiro atoms. The highest BCUT2D eigenvalue weighted by Crippen LogP contribution is 2.30. The zero-order valence-electron chi connectivity index (χ0n) is 19.8. The van der Waals surface area contributed by atoms with Gasteiger partial charge in [0.05, 0.1) is 5.52 Å². The summed E-state index contributed by atoms with van der Waals surface area (Å²) in [6, 6.07) is 15.2. The van der Waals surface area contributed by atoms with E-state index in [4.69, 9.17) is 4.98 Å². The number of hydrogen-bond acceptors (Lipinski definition) is 5. The molecule has 5 nitrogen and oxygen atoms in total. The lowest BCUT2D eigenvalue weighted by atomic mass is 9.86. The van der Waals surface area contributed by atoms with Gasteiger partial charge in [-0.1, -0.05) is 30.3 Å². The fraction of sp³-hybridized carbons (Fsp3) is 0.444. The van der Waals surface area contributed by atoms with Gasteiger partial charge in [-0.3, -0.25) is 0 Å². The first-order chi connectivity index (χ1) is 15.4. The maximum Gasteiger partial charge on any atom is 0.128 e. The van der Waals surface area contributed by atoms with E-state index in [0.29, 0.717) is 17.7 Å². The first-order valence-electron chi connectivity index (χ1n) is 11.7. The molecule has 0 bridgehead atoms. The van der Waals surface area contributed by atoms with Gasteiger partial charge in [0, 0.05) is 43.8 Å². The minimum Gasteiger partial charge on any atom is -0.507 e. The summed E-state index contributed by atoms with van der Waals surface area (Å²) in [6.07, 6.45) is 4.81. The summed E-state index contributed by atoms with van der Waals surface area (Å²) in [5.41, 5.74) is 5.39. The lowest BCUT2D eigenvalue weighted by Crippen LogP contribution is -2.31. The molecule has 0 atom stereocenters. The molecular formula is C27H36N4O. The Bertz CT molecular complexity index is 1050. The smallest absolute Gasteiger partial charge is 0.128 e. The van der Waals surface area contributed by atoms with Crippen molar-refractivity contribution in [3.8, 4) is 5.75 Å². The van der Waals surface area contributed by atoms with Crippen molar-refractivity contribution in [3.63, 3.8) is 0 Å². The van der Waals surface area contributed by atoms with Gasteiger partial charge >= 0.3 is 0 Å². The van der Waals surface area contributed by atoms with Gasteiger partial charge in [-0.25, -0.2) is 4.98 Å². The van der Waals surface area contributed by atoms with E-state index in [2.05, 4.69) is 72.1 Å². The van der Waals surface area contributed by atoms with Gasteiger partial charge < -0.3 is 20.6 Å². The number of rotatable bonds is 7. The molecule has 32 heavy (non-hydrogen) atoms. The maximum atomic E-state index is 9.95. The third-order valence-electron chi connectivity index (χ3n) is 6.69. The predicted molar refractivity (Wildman–Crippen MR) is 135 cm³/mol. The highest BCUT2D eigenvalue weighted by Gasteiger charge is 2.21. The molecule has 4 rings (SSSR count). The van der Waals surface area contributed by atoms with E-state index < -0.39 is 0 Å². The number of pyridine rings is 1. The monoisotopic (exact) mass is 432 g/mol. The van der Waals surface area contributed by atoms with E-state index in [9.17, 15) is 5.11 Å². The molecule has 0 amide bonds. The van der Waals surface area contributed by atoms with Crippen molar-refractivity contribution >= 4 is 22.4 Å². The molecule has 5 heteroatoms. The SMILES string of the molecule is Cc1cc(CNC[C@H]2CC[C@@H](Nc3cc(N(C)C)c4ccccc4n3)CC2)cc(C)c1O. The molecule has 1 fully saturated rings. The largest absolute Gasteiger partial charge is 0.507 e. The van der Waals surface area contributed by atoms with Crippen molar-refractivity contribution in [1.82, 2.24) is 10.3 Å². The Balaban J connectivity index is 1.29. The maximum absolute atomic E-state index is 9.95. The van der Waals surface area contributed by atoms with E-state index in [1.807, 2.05) is 13.8 Å². The zero-order valence-corrected chi connectivity index (χ0v) is 19.8. The number of aromatic hydroxyl groups is 1. The second-order valence-corrected chi connectivity index (χ2v) is 9.51. The van der Waals surface area contributed by atoms with Crippen LogP contribution in [0.25, 0.3) is 10.9 Å². The summed E-state index contributed by atoms with van der Waals surface area (Å²) in [4.78, 5) is 7.03. The fourth-order valence-electron chi connectivity index (χ4n) is 4.89. The van der Waals surface area contributed by atoms with Crippen LogP contribution in [0.3, 0.4) is 0 Å². The summed E-state index contributed by atoms with van der Waals surface area (Å²) in [5, 5.41) is 18.5. The molecule has 1 aliphatic carbocycles. The first-order valence-corrected chi connectivity index (χ1v) is 11.7. The average Bonchev–Trinajstić information content (AvgIpc) is 2.78. The molecule has 0 unspecified atom stereocenters. The van der Waals surface area contributed by atoms with Crippen LogP contribution < -0.4 is 15.5 Å².